The van der Waals surface area contributed by atoms with Gasteiger partial charge in [0.15, 0.2) is 0 Å². The van der Waals surface area contributed by atoms with Gasteiger partial charge >= 0.3 is 0 Å². The number of halogens is 1. The molecule has 1 aromatic carbocycles. The topological polar surface area (TPSA) is 62.3 Å². The number of benzene rings is 1. The number of hydrogen-bond acceptors (Lipinski definition) is 4. The molecule has 1 heterocycles. The van der Waals surface area contributed by atoms with Crippen LogP contribution in [0.15, 0.2) is 29.8 Å². The van der Waals surface area contributed by atoms with E-state index in [1.807, 2.05) is 12.3 Å². The Morgan fingerprint density at radius 3 is 2.73 bits per heavy atom. The summed E-state index contributed by atoms with van der Waals surface area (Å²) < 4.78 is 0. The summed E-state index contributed by atoms with van der Waals surface area (Å²) in [6.07, 6.45) is 1.71. The van der Waals surface area contributed by atoms with Crippen molar-refractivity contribution in [3.63, 3.8) is 0 Å². The number of thiazole rings is 1. The molecule has 7 heteroatoms. The Morgan fingerprint density at radius 2 is 2.14 bits per heavy atom. The van der Waals surface area contributed by atoms with Crippen molar-refractivity contribution in [2.45, 2.75) is 19.9 Å². The van der Waals surface area contributed by atoms with Crippen LogP contribution in [0.3, 0.4) is 0 Å². The Balaban J connectivity index is 2.26. The number of anilines is 1. The van der Waals surface area contributed by atoms with Crippen LogP contribution in [0.5, 0.6) is 0 Å². The highest BCUT2D eigenvalue weighted by Gasteiger charge is 2.22. The van der Waals surface area contributed by atoms with Crippen molar-refractivity contribution in [3.05, 3.63) is 45.4 Å². The van der Waals surface area contributed by atoms with Crippen LogP contribution in [0.1, 0.15) is 35.3 Å². The second-order valence-electron chi connectivity index (χ2n) is 4.84. The molecule has 2 aromatic rings. The Hall–Kier alpha value is -1.92. The van der Waals surface area contributed by atoms with Gasteiger partial charge in [0.25, 0.3) is 5.91 Å². The molecule has 1 N–H and O–H groups in total. The fraction of sp³-hybridized carbons (Fsp3) is 0.267. The van der Waals surface area contributed by atoms with Gasteiger partial charge in [0.1, 0.15) is 5.01 Å². The third-order valence-corrected chi connectivity index (χ3v) is 4.50. The van der Waals surface area contributed by atoms with Gasteiger partial charge in [-0.2, -0.15) is 0 Å². The highest BCUT2D eigenvalue weighted by Crippen LogP contribution is 2.26. The third-order valence-electron chi connectivity index (χ3n) is 3.23. The first-order chi connectivity index (χ1) is 10.4. The number of carbonyl (C=O) groups is 2. The molecule has 5 nitrogen and oxygen atoms in total. The van der Waals surface area contributed by atoms with E-state index in [1.54, 1.807) is 36.3 Å². The Labute approximate surface area is 137 Å². The van der Waals surface area contributed by atoms with E-state index >= 15 is 0 Å². The van der Waals surface area contributed by atoms with Crippen LogP contribution in [0.25, 0.3) is 0 Å². The maximum absolute atomic E-state index is 12.6. The van der Waals surface area contributed by atoms with Crippen molar-refractivity contribution in [2.24, 2.45) is 0 Å². The van der Waals surface area contributed by atoms with Gasteiger partial charge in [-0.05, 0) is 25.1 Å². The van der Waals surface area contributed by atoms with Gasteiger partial charge in [0, 0.05) is 31.2 Å². The van der Waals surface area contributed by atoms with Crippen molar-refractivity contribution < 1.29 is 9.59 Å². The first kappa shape index (κ1) is 16.5. The van der Waals surface area contributed by atoms with E-state index in [9.17, 15) is 9.59 Å². The minimum atomic E-state index is -0.222. The van der Waals surface area contributed by atoms with Crippen LogP contribution in [-0.2, 0) is 4.79 Å². The van der Waals surface area contributed by atoms with Crippen molar-refractivity contribution in [3.8, 4) is 0 Å². The predicted molar refractivity (Wildman–Crippen MR) is 88.4 cm³/mol. The lowest BCUT2D eigenvalue weighted by Crippen LogP contribution is -2.30. The summed E-state index contributed by atoms with van der Waals surface area (Å²) in [5, 5.41) is 5.71. The van der Waals surface area contributed by atoms with Gasteiger partial charge < -0.3 is 10.2 Å². The van der Waals surface area contributed by atoms with Crippen LogP contribution >= 0.6 is 22.9 Å². The molecule has 1 aromatic heterocycles. The minimum absolute atomic E-state index is 0.159. The predicted octanol–water partition coefficient (Wildman–Crippen LogP) is 3.59. The molecule has 0 aliphatic carbocycles. The van der Waals surface area contributed by atoms with Gasteiger partial charge in [0.2, 0.25) is 5.91 Å². The SMILES string of the molecule is CC(=O)Nc1ccc(Cl)c(C(=O)N(C)[C@@H](C)c2nccs2)c1. The second-order valence-corrected chi connectivity index (χ2v) is 6.17. The maximum Gasteiger partial charge on any atom is 0.255 e. The highest BCUT2D eigenvalue weighted by atomic mass is 35.5. The molecule has 22 heavy (non-hydrogen) atoms. The zero-order valence-corrected chi connectivity index (χ0v) is 14.0. The van der Waals surface area contributed by atoms with Crippen LogP contribution in [0, 0.1) is 0 Å². The average molecular weight is 338 g/mol. The molecule has 0 saturated carbocycles. The number of nitrogens with zero attached hydrogens (tertiary/aromatic N) is 2. The van der Waals surface area contributed by atoms with Crippen molar-refractivity contribution >= 4 is 40.4 Å². The monoisotopic (exact) mass is 337 g/mol. The Kier molecular flexibility index (Phi) is 5.15. The number of hydrogen-bond donors (Lipinski definition) is 1. The molecule has 1 atom stereocenters. The van der Waals surface area contributed by atoms with E-state index in [0.29, 0.717) is 16.3 Å². The molecular formula is C15H16ClN3O2S. The van der Waals surface area contributed by atoms with Gasteiger partial charge in [-0.3, -0.25) is 9.59 Å². The molecule has 0 fully saturated rings. The average Bonchev–Trinajstić information content (AvgIpc) is 3.00. The number of carbonyl (C=O) groups excluding carboxylic acids is 2. The van der Waals surface area contributed by atoms with E-state index in [2.05, 4.69) is 10.3 Å². The van der Waals surface area contributed by atoms with Gasteiger partial charge in [0.05, 0.1) is 16.6 Å². The van der Waals surface area contributed by atoms with E-state index in [1.165, 1.54) is 18.3 Å². The van der Waals surface area contributed by atoms with Gasteiger partial charge in [-0.1, -0.05) is 11.6 Å². The summed E-state index contributed by atoms with van der Waals surface area (Å²) in [6, 6.07) is 4.68. The zero-order chi connectivity index (χ0) is 16.3. The molecule has 116 valence electrons. The second kappa shape index (κ2) is 6.89. The first-order valence-corrected chi connectivity index (χ1v) is 7.89. The number of nitrogens with one attached hydrogen (secondary N) is 1. The summed E-state index contributed by atoms with van der Waals surface area (Å²) in [5.41, 5.74) is 0.884. The zero-order valence-electron chi connectivity index (χ0n) is 12.5. The fourth-order valence-corrected chi connectivity index (χ4v) is 2.88. The summed E-state index contributed by atoms with van der Waals surface area (Å²) in [4.78, 5) is 29.6. The Morgan fingerprint density at radius 1 is 1.41 bits per heavy atom. The highest BCUT2D eigenvalue weighted by molar-refractivity contribution is 7.09. The van der Waals surface area contributed by atoms with Crippen molar-refractivity contribution in [2.75, 3.05) is 12.4 Å². The largest absolute Gasteiger partial charge is 0.332 e. The van der Waals surface area contributed by atoms with Crippen LogP contribution < -0.4 is 5.32 Å². The van der Waals surface area contributed by atoms with E-state index in [-0.39, 0.29) is 17.9 Å². The number of aromatic nitrogens is 1. The fourth-order valence-electron chi connectivity index (χ4n) is 1.94. The van der Waals surface area contributed by atoms with Crippen LogP contribution in [0.2, 0.25) is 5.02 Å². The lowest BCUT2D eigenvalue weighted by atomic mass is 10.1. The molecule has 0 aliphatic rings. The number of rotatable bonds is 4. The molecule has 2 rings (SSSR count). The smallest absolute Gasteiger partial charge is 0.255 e. The molecular weight excluding hydrogens is 322 g/mol. The van der Waals surface area contributed by atoms with Crippen LogP contribution in [0.4, 0.5) is 5.69 Å². The minimum Gasteiger partial charge on any atom is -0.332 e. The summed E-state index contributed by atoms with van der Waals surface area (Å²) in [6.45, 7) is 3.31. The lowest BCUT2D eigenvalue weighted by Gasteiger charge is -2.24. The molecule has 0 radical (unpaired) electrons. The van der Waals surface area contributed by atoms with Gasteiger partial charge in [-0.15, -0.1) is 11.3 Å². The van der Waals surface area contributed by atoms with E-state index < -0.39 is 0 Å². The molecule has 0 bridgehead atoms. The standard InChI is InChI=1S/C15H16ClN3O2S/c1-9(14-17-6-7-22-14)19(3)15(21)12-8-11(18-10(2)20)4-5-13(12)16/h4-9H,1-3H3,(H,18,20)/t9-/m0/s1. The molecule has 2 amide bonds. The molecule has 0 aliphatic heterocycles. The van der Waals surface area contributed by atoms with Crippen molar-refractivity contribution in [1.29, 1.82) is 0 Å². The lowest BCUT2D eigenvalue weighted by molar-refractivity contribution is -0.114. The summed E-state index contributed by atoms with van der Waals surface area (Å²) in [5.74, 6) is -0.426. The van der Waals surface area contributed by atoms with Gasteiger partial charge in [-0.25, -0.2) is 4.98 Å². The first-order valence-electron chi connectivity index (χ1n) is 6.64. The molecule has 0 saturated heterocycles. The normalized spacial score (nSPS) is 11.8. The summed E-state index contributed by atoms with van der Waals surface area (Å²) in [7, 11) is 1.70. The van der Waals surface area contributed by atoms with E-state index in [4.69, 9.17) is 11.6 Å². The maximum atomic E-state index is 12.6. The van der Waals surface area contributed by atoms with Crippen LogP contribution in [-0.4, -0.2) is 28.7 Å². The number of amides is 2. The third kappa shape index (κ3) is 3.64. The molecule has 0 unspecified atom stereocenters. The van der Waals surface area contributed by atoms with E-state index in [0.717, 1.165) is 5.01 Å². The van der Waals surface area contributed by atoms with Crippen molar-refractivity contribution in [1.82, 2.24) is 9.88 Å². The Bertz CT molecular complexity index is 688. The summed E-state index contributed by atoms with van der Waals surface area (Å²) >= 11 is 7.62. The molecule has 0 spiro atoms. The quantitative estimate of drug-likeness (QED) is 0.927.